The Kier molecular flexibility index (Phi) is 6.85. The van der Waals surface area contributed by atoms with Crippen LogP contribution in [0.3, 0.4) is 0 Å². The Hall–Kier alpha value is -1.31. The predicted octanol–water partition coefficient (Wildman–Crippen LogP) is 1.66. The van der Waals surface area contributed by atoms with Crippen LogP contribution >= 0.6 is 12.4 Å². The lowest BCUT2D eigenvalue weighted by Gasteiger charge is -2.30. The molecule has 0 spiro atoms. The quantitative estimate of drug-likeness (QED) is 0.761. The first-order chi connectivity index (χ1) is 10.3. The van der Waals surface area contributed by atoms with Crippen LogP contribution < -0.4 is 15.4 Å². The average molecular weight is 362 g/mol. The molecule has 2 unspecified atom stereocenters. The summed E-state index contributed by atoms with van der Waals surface area (Å²) >= 11 is 0. The maximum Gasteiger partial charge on any atom is 0.253 e. The van der Waals surface area contributed by atoms with E-state index in [4.69, 9.17) is 0 Å². The molecule has 0 aliphatic carbocycles. The second-order valence-corrected chi connectivity index (χ2v) is 7.64. The van der Waals surface area contributed by atoms with Crippen LogP contribution in [0.25, 0.3) is 0 Å². The van der Waals surface area contributed by atoms with Crippen LogP contribution in [0, 0.1) is 6.92 Å². The highest BCUT2D eigenvalue weighted by molar-refractivity contribution is 7.92. The Morgan fingerprint density at radius 1 is 1.35 bits per heavy atom. The first kappa shape index (κ1) is 19.7. The normalized spacial score (nSPS) is 21.2. The summed E-state index contributed by atoms with van der Waals surface area (Å²) in [5, 5.41) is 6.33. The van der Waals surface area contributed by atoms with Gasteiger partial charge in [-0.05, 0) is 45.4 Å². The number of hydrogen-bond donors (Lipinski definition) is 3. The first-order valence-corrected chi connectivity index (χ1v) is 9.28. The summed E-state index contributed by atoms with van der Waals surface area (Å²) in [6.45, 7) is 4.86. The van der Waals surface area contributed by atoms with Crippen LogP contribution in [0.1, 0.15) is 35.7 Å². The Labute approximate surface area is 143 Å². The van der Waals surface area contributed by atoms with E-state index in [0.717, 1.165) is 31.2 Å². The summed E-state index contributed by atoms with van der Waals surface area (Å²) in [7, 11) is -3.43. The molecule has 23 heavy (non-hydrogen) atoms. The second kappa shape index (κ2) is 7.99. The molecule has 1 aromatic carbocycles. The van der Waals surface area contributed by atoms with Crippen molar-refractivity contribution in [1.82, 2.24) is 10.6 Å². The van der Waals surface area contributed by atoms with Gasteiger partial charge in [-0.15, -0.1) is 12.4 Å². The largest absolute Gasteiger partial charge is 0.348 e. The van der Waals surface area contributed by atoms with Gasteiger partial charge in [0.15, 0.2) is 0 Å². The van der Waals surface area contributed by atoms with Crippen LogP contribution in [0.5, 0.6) is 0 Å². The Bertz CT molecular complexity index is 664. The molecule has 1 aromatic rings. The number of carbonyl (C=O) groups excluding carboxylic acids is 1. The predicted molar refractivity (Wildman–Crippen MR) is 94.8 cm³/mol. The van der Waals surface area contributed by atoms with Crippen LogP contribution in [0.2, 0.25) is 0 Å². The highest BCUT2D eigenvalue weighted by Gasteiger charge is 2.24. The van der Waals surface area contributed by atoms with Crippen LogP contribution in [0.4, 0.5) is 5.69 Å². The number of halogens is 1. The monoisotopic (exact) mass is 361 g/mol. The third-order valence-corrected chi connectivity index (χ3v) is 4.38. The van der Waals surface area contributed by atoms with Gasteiger partial charge in [-0.1, -0.05) is 11.6 Å². The molecule has 0 bridgehead atoms. The summed E-state index contributed by atoms with van der Waals surface area (Å²) < 4.78 is 25.3. The summed E-state index contributed by atoms with van der Waals surface area (Å²) in [5.74, 6) is -0.254. The third-order valence-electron chi connectivity index (χ3n) is 3.79. The molecule has 1 heterocycles. The van der Waals surface area contributed by atoms with E-state index in [9.17, 15) is 13.2 Å². The highest BCUT2D eigenvalue weighted by Crippen LogP contribution is 2.19. The Morgan fingerprint density at radius 2 is 2.04 bits per heavy atom. The zero-order chi connectivity index (χ0) is 16.3. The van der Waals surface area contributed by atoms with Gasteiger partial charge in [0.1, 0.15) is 0 Å². The number of nitrogens with one attached hydrogen (secondary N) is 3. The van der Waals surface area contributed by atoms with Crippen molar-refractivity contribution in [3.8, 4) is 0 Å². The van der Waals surface area contributed by atoms with Crippen molar-refractivity contribution in [2.75, 3.05) is 17.5 Å². The molecule has 8 heteroatoms. The number of anilines is 1. The summed E-state index contributed by atoms with van der Waals surface area (Å²) in [6, 6.07) is 5.34. The van der Waals surface area contributed by atoms with Gasteiger partial charge in [0.25, 0.3) is 5.91 Å². The Balaban J connectivity index is 0.00000264. The number of aryl methyl sites for hydroxylation is 1. The van der Waals surface area contributed by atoms with Gasteiger partial charge >= 0.3 is 0 Å². The van der Waals surface area contributed by atoms with Crippen molar-refractivity contribution in [2.45, 2.75) is 38.8 Å². The average Bonchev–Trinajstić information content (AvgIpc) is 2.42. The Morgan fingerprint density at radius 3 is 2.65 bits per heavy atom. The highest BCUT2D eigenvalue weighted by atomic mass is 35.5. The van der Waals surface area contributed by atoms with Gasteiger partial charge in [0.05, 0.1) is 17.5 Å². The molecular formula is C15H24ClN3O3S. The van der Waals surface area contributed by atoms with E-state index in [1.807, 2.05) is 13.8 Å². The molecule has 0 saturated carbocycles. The van der Waals surface area contributed by atoms with Crippen LogP contribution in [0.15, 0.2) is 18.2 Å². The molecule has 3 N–H and O–H groups in total. The fourth-order valence-corrected chi connectivity index (χ4v) is 3.20. The molecule has 0 aromatic heterocycles. The van der Waals surface area contributed by atoms with E-state index in [1.165, 1.54) is 0 Å². The maximum absolute atomic E-state index is 12.5. The lowest BCUT2D eigenvalue weighted by Crippen LogP contribution is -2.52. The van der Waals surface area contributed by atoms with E-state index >= 15 is 0 Å². The standard InChI is InChI=1S/C15H23N3O3S.ClH/c1-10-6-7-14(18-22(3,20)21)12(9-10)15(19)17-13-5-4-8-16-11(13)2;/h6-7,9,11,13,16,18H,4-5,8H2,1-3H3,(H,17,19);1H. The fourth-order valence-electron chi connectivity index (χ4n) is 2.62. The number of benzene rings is 1. The van der Waals surface area contributed by atoms with Crippen molar-refractivity contribution >= 4 is 34.0 Å². The van der Waals surface area contributed by atoms with E-state index in [1.54, 1.807) is 18.2 Å². The van der Waals surface area contributed by atoms with Gasteiger partial charge < -0.3 is 10.6 Å². The molecule has 1 aliphatic heterocycles. The molecule has 2 rings (SSSR count). The number of sulfonamides is 1. The molecule has 1 fully saturated rings. The molecule has 6 nitrogen and oxygen atoms in total. The van der Waals surface area contributed by atoms with Gasteiger partial charge in [0, 0.05) is 12.1 Å². The summed E-state index contributed by atoms with van der Waals surface area (Å²) in [6.07, 6.45) is 3.00. The van der Waals surface area contributed by atoms with Crippen molar-refractivity contribution in [2.24, 2.45) is 0 Å². The molecule has 2 atom stereocenters. The minimum absolute atomic E-state index is 0. The van der Waals surface area contributed by atoms with Gasteiger partial charge in [-0.3, -0.25) is 9.52 Å². The zero-order valence-corrected chi connectivity index (χ0v) is 15.2. The van der Waals surface area contributed by atoms with Gasteiger partial charge in [-0.25, -0.2) is 8.42 Å². The number of rotatable bonds is 4. The minimum atomic E-state index is -3.43. The van der Waals surface area contributed by atoms with Crippen molar-refractivity contribution in [1.29, 1.82) is 0 Å². The van der Waals surface area contributed by atoms with Crippen molar-refractivity contribution in [3.05, 3.63) is 29.3 Å². The molecule has 130 valence electrons. The second-order valence-electron chi connectivity index (χ2n) is 5.89. The van der Waals surface area contributed by atoms with E-state index in [2.05, 4.69) is 15.4 Å². The smallest absolute Gasteiger partial charge is 0.253 e. The van der Waals surface area contributed by atoms with Crippen molar-refractivity contribution < 1.29 is 13.2 Å². The molecule has 1 aliphatic rings. The van der Waals surface area contributed by atoms with E-state index in [0.29, 0.717) is 11.3 Å². The summed E-state index contributed by atoms with van der Waals surface area (Å²) in [5.41, 5.74) is 1.56. The third kappa shape index (κ3) is 5.67. The lowest BCUT2D eigenvalue weighted by atomic mass is 9.99. The maximum atomic E-state index is 12.5. The molecule has 1 saturated heterocycles. The van der Waals surface area contributed by atoms with Crippen LogP contribution in [-0.2, 0) is 10.0 Å². The van der Waals surface area contributed by atoms with Gasteiger partial charge in [0.2, 0.25) is 10.0 Å². The number of amides is 1. The fraction of sp³-hybridized carbons (Fsp3) is 0.533. The number of carbonyl (C=O) groups is 1. The van der Waals surface area contributed by atoms with E-state index in [-0.39, 0.29) is 30.4 Å². The van der Waals surface area contributed by atoms with Crippen molar-refractivity contribution in [3.63, 3.8) is 0 Å². The number of hydrogen-bond acceptors (Lipinski definition) is 4. The lowest BCUT2D eigenvalue weighted by molar-refractivity contribution is 0.0920. The minimum Gasteiger partial charge on any atom is -0.348 e. The SMILES string of the molecule is Cc1ccc(NS(C)(=O)=O)c(C(=O)NC2CCCNC2C)c1.Cl. The molecular weight excluding hydrogens is 338 g/mol. The molecule has 0 radical (unpaired) electrons. The summed E-state index contributed by atoms with van der Waals surface area (Å²) in [4.78, 5) is 12.5. The van der Waals surface area contributed by atoms with Crippen LogP contribution in [-0.4, -0.2) is 39.2 Å². The zero-order valence-electron chi connectivity index (χ0n) is 13.5. The number of piperidine rings is 1. The van der Waals surface area contributed by atoms with E-state index < -0.39 is 10.0 Å². The van der Waals surface area contributed by atoms with Gasteiger partial charge in [-0.2, -0.15) is 0 Å². The topological polar surface area (TPSA) is 87.3 Å². The molecule has 1 amide bonds. The first-order valence-electron chi connectivity index (χ1n) is 7.39.